The second-order valence-corrected chi connectivity index (χ2v) is 10.8. The summed E-state index contributed by atoms with van der Waals surface area (Å²) in [5.41, 5.74) is 5.69. The third kappa shape index (κ3) is 4.80. The van der Waals surface area contributed by atoms with Crippen molar-refractivity contribution in [2.24, 2.45) is 0 Å². The molecule has 7 heteroatoms. The predicted molar refractivity (Wildman–Crippen MR) is 126 cm³/mol. The van der Waals surface area contributed by atoms with Gasteiger partial charge in [0.25, 0.3) is 0 Å². The summed E-state index contributed by atoms with van der Waals surface area (Å²) in [5, 5.41) is 0. The van der Waals surface area contributed by atoms with Gasteiger partial charge in [-0.15, -0.1) is 0 Å². The SMILES string of the molecule is Cc1ccc(S(=O)(=O)NC[C@@H](c2ccc3c(c2)CCN3C)N2CCN(C)CC2)c(C)c1. The zero-order valence-electron chi connectivity index (χ0n) is 19.1. The minimum atomic E-state index is -3.58. The smallest absolute Gasteiger partial charge is 0.240 e. The van der Waals surface area contributed by atoms with Crippen LogP contribution in [0.15, 0.2) is 41.3 Å². The number of rotatable bonds is 6. The number of aryl methyl sites for hydroxylation is 2. The first-order valence-corrected chi connectivity index (χ1v) is 12.6. The number of hydrogen-bond acceptors (Lipinski definition) is 5. The van der Waals surface area contributed by atoms with Gasteiger partial charge in [-0.3, -0.25) is 4.90 Å². The Morgan fingerprint density at radius 2 is 1.71 bits per heavy atom. The molecule has 168 valence electrons. The molecule has 0 unspecified atom stereocenters. The van der Waals surface area contributed by atoms with E-state index in [1.54, 1.807) is 6.07 Å². The van der Waals surface area contributed by atoms with Crippen LogP contribution in [-0.4, -0.2) is 71.6 Å². The number of nitrogens with zero attached hydrogens (tertiary/aromatic N) is 3. The van der Waals surface area contributed by atoms with Crippen molar-refractivity contribution in [1.29, 1.82) is 0 Å². The van der Waals surface area contributed by atoms with Crippen LogP contribution in [0.1, 0.15) is 28.3 Å². The van der Waals surface area contributed by atoms with Gasteiger partial charge in [0.1, 0.15) is 0 Å². The molecule has 0 bridgehead atoms. The summed E-state index contributed by atoms with van der Waals surface area (Å²) in [7, 11) is 0.690. The number of benzene rings is 2. The highest BCUT2D eigenvalue weighted by Crippen LogP contribution is 2.31. The van der Waals surface area contributed by atoms with E-state index in [-0.39, 0.29) is 6.04 Å². The number of anilines is 1. The Hall–Kier alpha value is -1.93. The van der Waals surface area contributed by atoms with Crippen LogP contribution in [0.5, 0.6) is 0 Å². The lowest BCUT2D eigenvalue weighted by molar-refractivity contribution is 0.113. The van der Waals surface area contributed by atoms with Gasteiger partial charge in [0.2, 0.25) is 10.0 Å². The van der Waals surface area contributed by atoms with Gasteiger partial charge < -0.3 is 9.80 Å². The Morgan fingerprint density at radius 1 is 0.968 bits per heavy atom. The van der Waals surface area contributed by atoms with E-state index in [1.165, 1.54) is 16.8 Å². The van der Waals surface area contributed by atoms with Gasteiger partial charge in [-0.1, -0.05) is 29.8 Å². The van der Waals surface area contributed by atoms with E-state index in [2.05, 4.69) is 51.7 Å². The molecule has 1 atom stereocenters. The first kappa shape index (κ1) is 22.3. The third-order valence-electron chi connectivity index (χ3n) is 6.68. The van der Waals surface area contributed by atoms with Gasteiger partial charge in [-0.05, 0) is 56.1 Å². The van der Waals surface area contributed by atoms with Crippen LogP contribution in [0.4, 0.5) is 5.69 Å². The lowest BCUT2D eigenvalue weighted by atomic mass is 10.0. The first-order valence-electron chi connectivity index (χ1n) is 11.1. The van der Waals surface area contributed by atoms with Gasteiger partial charge in [-0.2, -0.15) is 0 Å². The standard InChI is InChI=1S/C24H34N4O2S/c1-18-5-8-24(19(2)15-18)31(29,30)25-17-23(28-13-11-26(3)12-14-28)20-6-7-22-21(16-20)9-10-27(22)4/h5-8,15-16,23,25H,9-14,17H2,1-4H3/t23-/m0/s1. The fraction of sp³-hybridized carbons (Fsp3) is 0.500. The van der Waals surface area contributed by atoms with E-state index in [9.17, 15) is 8.42 Å². The van der Waals surface area contributed by atoms with E-state index in [0.29, 0.717) is 11.4 Å². The predicted octanol–water partition coefficient (Wildman–Crippen LogP) is 2.56. The normalized spacial score (nSPS) is 18.9. The summed E-state index contributed by atoms with van der Waals surface area (Å²) in [5.74, 6) is 0. The Kier molecular flexibility index (Phi) is 6.40. The molecule has 0 aromatic heterocycles. The average molecular weight is 443 g/mol. The number of nitrogens with one attached hydrogen (secondary N) is 1. The maximum Gasteiger partial charge on any atom is 0.240 e. The van der Waals surface area contributed by atoms with Crippen LogP contribution in [0.2, 0.25) is 0 Å². The molecule has 2 heterocycles. The highest BCUT2D eigenvalue weighted by atomic mass is 32.2. The molecule has 2 aromatic rings. The van der Waals surface area contributed by atoms with Crippen LogP contribution >= 0.6 is 0 Å². The Bertz CT molecular complexity index is 1050. The summed E-state index contributed by atoms with van der Waals surface area (Å²) in [4.78, 5) is 7.40. The summed E-state index contributed by atoms with van der Waals surface area (Å²) in [6.45, 7) is 9.10. The van der Waals surface area contributed by atoms with Crippen molar-refractivity contribution in [3.63, 3.8) is 0 Å². The zero-order chi connectivity index (χ0) is 22.2. The van der Waals surface area contributed by atoms with Gasteiger partial charge in [0.05, 0.1) is 4.90 Å². The van der Waals surface area contributed by atoms with E-state index >= 15 is 0 Å². The monoisotopic (exact) mass is 442 g/mol. The molecule has 6 nitrogen and oxygen atoms in total. The fourth-order valence-corrected chi connectivity index (χ4v) is 6.02. The van der Waals surface area contributed by atoms with Crippen molar-refractivity contribution in [3.05, 3.63) is 58.7 Å². The largest absolute Gasteiger partial charge is 0.374 e. The molecular weight excluding hydrogens is 408 g/mol. The van der Waals surface area contributed by atoms with Crippen LogP contribution in [0.3, 0.4) is 0 Å². The van der Waals surface area contributed by atoms with E-state index < -0.39 is 10.0 Å². The number of fused-ring (bicyclic) bond motifs is 1. The van der Waals surface area contributed by atoms with Gasteiger partial charge in [0.15, 0.2) is 0 Å². The molecule has 1 N–H and O–H groups in total. The molecule has 0 aliphatic carbocycles. The molecule has 2 aromatic carbocycles. The van der Waals surface area contributed by atoms with E-state index in [0.717, 1.165) is 50.3 Å². The Morgan fingerprint density at radius 3 is 2.42 bits per heavy atom. The lowest BCUT2D eigenvalue weighted by Gasteiger charge is -2.38. The van der Waals surface area contributed by atoms with Crippen molar-refractivity contribution in [1.82, 2.24) is 14.5 Å². The van der Waals surface area contributed by atoms with Crippen molar-refractivity contribution < 1.29 is 8.42 Å². The Labute approximate surface area is 186 Å². The zero-order valence-corrected chi connectivity index (χ0v) is 19.9. The van der Waals surface area contributed by atoms with Gasteiger partial charge in [0, 0.05) is 58.0 Å². The molecule has 31 heavy (non-hydrogen) atoms. The summed E-state index contributed by atoms with van der Waals surface area (Å²) >= 11 is 0. The molecule has 0 spiro atoms. The molecule has 2 aliphatic rings. The van der Waals surface area contributed by atoms with E-state index in [4.69, 9.17) is 0 Å². The molecule has 2 aliphatic heterocycles. The van der Waals surface area contributed by atoms with Crippen molar-refractivity contribution in [3.8, 4) is 0 Å². The summed E-state index contributed by atoms with van der Waals surface area (Å²) in [6.07, 6.45) is 1.05. The molecule has 1 saturated heterocycles. The molecule has 4 rings (SSSR count). The van der Waals surface area contributed by atoms with Crippen molar-refractivity contribution in [2.45, 2.75) is 31.2 Å². The summed E-state index contributed by atoms with van der Waals surface area (Å²) in [6, 6.07) is 12.2. The Balaban J connectivity index is 1.59. The molecule has 0 saturated carbocycles. The maximum absolute atomic E-state index is 13.1. The molecule has 0 amide bonds. The number of sulfonamides is 1. The minimum Gasteiger partial charge on any atom is -0.374 e. The maximum atomic E-state index is 13.1. The molecule has 1 fully saturated rings. The third-order valence-corrected chi connectivity index (χ3v) is 8.27. The quantitative estimate of drug-likeness (QED) is 0.745. The molecule has 0 radical (unpaired) electrons. The van der Waals surface area contributed by atoms with Crippen LogP contribution in [0.25, 0.3) is 0 Å². The summed E-state index contributed by atoms with van der Waals surface area (Å²) < 4.78 is 29.2. The van der Waals surface area contributed by atoms with Gasteiger partial charge >= 0.3 is 0 Å². The number of piperazine rings is 1. The van der Waals surface area contributed by atoms with Crippen LogP contribution < -0.4 is 9.62 Å². The van der Waals surface area contributed by atoms with Crippen LogP contribution in [-0.2, 0) is 16.4 Å². The van der Waals surface area contributed by atoms with Gasteiger partial charge in [-0.25, -0.2) is 13.1 Å². The number of likely N-dealkylation sites (N-methyl/N-ethyl adjacent to an activating group) is 2. The van der Waals surface area contributed by atoms with E-state index in [1.807, 2.05) is 26.0 Å². The highest BCUT2D eigenvalue weighted by Gasteiger charge is 2.28. The topological polar surface area (TPSA) is 55.9 Å². The first-order chi connectivity index (χ1) is 14.7. The average Bonchev–Trinajstić information content (AvgIpc) is 3.09. The fourth-order valence-electron chi connectivity index (χ4n) is 4.75. The second-order valence-electron chi connectivity index (χ2n) is 9.04. The molecular formula is C24H34N4O2S. The second kappa shape index (κ2) is 8.90. The lowest BCUT2D eigenvalue weighted by Crippen LogP contribution is -2.48. The van der Waals surface area contributed by atoms with Crippen LogP contribution in [0, 0.1) is 13.8 Å². The minimum absolute atomic E-state index is 0.0189. The van der Waals surface area contributed by atoms with Crippen molar-refractivity contribution in [2.75, 3.05) is 58.3 Å². The van der Waals surface area contributed by atoms with Crippen molar-refractivity contribution >= 4 is 15.7 Å². The number of hydrogen-bond donors (Lipinski definition) is 1. The highest BCUT2D eigenvalue weighted by molar-refractivity contribution is 7.89.